The van der Waals surface area contributed by atoms with E-state index in [1.807, 2.05) is 20.8 Å². The first-order valence-electron chi connectivity index (χ1n) is 12.5. The molecule has 0 aliphatic rings. The van der Waals surface area contributed by atoms with Crippen LogP contribution in [0.1, 0.15) is 77.7 Å². The number of benzene rings is 1. The summed E-state index contributed by atoms with van der Waals surface area (Å²) in [6.45, 7) is 9.41. The lowest BCUT2D eigenvalue weighted by Gasteiger charge is -2.22. The van der Waals surface area contributed by atoms with Crippen molar-refractivity contribution < 1.29 is 14.7 Å². The number of nitrogens with two attached hydrogens (primary N) is 1. The van der Waals surface area contributed by atoms with Crippen LogP contribution in [0, 0.1) is 5.41 Å². The van der Waals surface area contributed by atoms with Crippen molar-refractivity contribution in [2.24, 2.45) is 11.1 Å². The molecule has 188 valence electrons. The zero-order chi connectivity index (χ0) is 24.5. The van der Waals surface area contributed by atoms with Gasteiger partial charge in [-0.3, -0.25) is 9.59 Å². The van der Waals surface area contributed by atoms with Gasteiger partial charge in [0, 0.05) is 19.4 Å². The first-order valence-corrected chi connectivity index (χ1v) is 12.5. The molecule has 1 rings (SSSR count). The van der Waals surface area contributed by atoms with Crippen molar-refractivity contribution in [1.29, 1.82) is 0 Å². The zero-order valence-corrected chi connectivity index (χ0v) is 20.9. The van der Waals surface area contributed by atoms with E-state index in [0.717, 1.165) is 50.9 Å². The summed E-state index contributed by atoms with van der Waals surface area (Å²) in [5.41, 5.74) is 6.22. The number of amides is 2. The fraction of sp³-hybridized carbons (Fsp3) is 0.692. The fourth-order valence-electron chi connectivity index (χ4n) is 3.57. The van der Waals surface area contributed by atoms with Crippen molar-refractivity contribution >= 4 is 11.8 Å². The second-order valence-electron chi connectivity index (χ2n) is 10.0. The lowest BCUT2D eigenvalue weighted by atomic mass is 9.91. The molecule has 0 bridgehead atoms. The number of phenols is 1. The van der Waals surface area contributed by atoms with Crippen LogP contribution in [0.15, 0.2) is 24.3 Å². The molecular weight excluding hydrogens is 416 g/mol. The van der Waals surface area contributed by atoms with Crippen LogP contribution < -0.4 is 21.7 Å². The van der Waals surface area contributed by atoms with Gasteiger partial charge >= 0.3 is 0 Å². The Bertz CT molecular complexity index is 671. The van der Waals surface area contributed by atoms with Gasteiger partial charge in [-0.2, -0.15) is 0 Å². The summed E-state index contributed by atoms with van der Waals surface area (Å²) in [4.78, 5) is 25.3. The molecule has 0 aromatic heterocycles. The molecule has 33 heavy (non-hydrogen) atoms. The van der Waals surface area contributed by atoms with E-state index >= 15 is 0 Å². The number of phenolic OH excluding ortho intramolecular Hbond substituents is 1. The number of hydrogen-bond donors (Lipinski definition) is 5. The third-order valence-corrected chi connectivity index (χ3v) is 5.36. The summed E-state index contributed by atoms with van der Waals surface area (Å²) in [5.74, 6) is -0.104. The predicted molar refractivity (Wildman–Crippen MR) is 135 cm³/mol. The smallest absolute Gasteiger partial charge is 0.242 e. The third kappa shape index (κ3) is 15.4. The summed E-state index contributed by atoms with van der Waals surface area (Å²) in [7, 11) is 0. The second kappa shape index (κ2) is 16.5. The molecule has 0 saturated carbocycles. The number of rotatable bonds is 17. The van der Waals surface area contributed by atoms with Gasteiger partial charge in [0.1, 0.15) is 11.8 Å². The van der Waals surface area contributed by atoms with Gasteiger partial charge in [0.05, 0.1) is 0 Å². The average molecular weight is 463 g/mol. The van der Waals surface area contributed by atoms with Crippen molar-refractivity contribution in [3.05, 3.63) is 29.8 Å². The van der Waals surface area contributed by atoms with Crippen LogP contribution in [-0.2, 0) is 16.0 Å². The average Bonchev–Trinajstić information content (AvgIpc) is 2.74. The predicted octanol–water partition coefficient (Wildman–Crippen LogP) is 3.25. The molecule has 0 radical (unpaired) electrons. The van der Waals surface area contributed by atoms with E-state index in [4.69, 9.17) is 5.73 Å². The first kappa shape index (κ1) is 28.9. The molecule has 0 aliphatic heterocycles. The highest BCUT2D eigenvalue weighted by Crippen LogP contribution is 2.18. The van der Waals surface area contributed by atoms with Crippen LogP contribution in [-0.4, -0.2) is 49.1 Å². The molecule has 0 saturated heterocycles. The molecule has 0 unspecified atom stereocenters. The van der Waals surface area contributed by atoms with E-state index in [1.165, 1.54) is 19.3 Å². The van der Waals surface area contributed by atoms with Gasteiger partial charge in [-0.1, -0.05) is 58.6 Å². The topological polar surface area (TPSA) is 116 Å². The minimum Gasteiger partial charge on any atom is -0.508 e. The van der Waals surface area contributed by atoms with Crippen LogP contribution in [0.5, 0.6) is 5.75 Å². The Hall–Kier alpha value is -2.12. The molecule has 0 fully saturated rings. The minimum absolute atomic E-state index is 0.126. The molecule has 0 aliphatic carbocycles. The molecule has 2 amide bonds. The zero-order valence-electron chi connectivity index (χ0n) is 20.9. The number of aromatic hydroxyl groups is 1. The Morgan fingerprint density at radius 2 is 1.48 bits per heavy atom. The molecule has 1 atom stereocenters. The monoisotopic (exact) mass is 462 g/mol. The van der Waals surface area contributed by atoms with E-state index in [1.54, 1.807) is 24.3 Å². The van der Waals surface area contributed by atoms with Crippen LogP contribution in [0.3, 0.4) is 0 Å². The normalized spacial score (nSPS) is 12.4. The molecule has 7 nitrogen and oxygen atoms in total. The summed E-state index contributed by atoms with van der Waals surface area (Å²) in [6, 6.07) is 6.12. The SMILES string of the molecule is CC(C)(C)CC(=O)N[C@@H](Cc1ccc(O)cc1)C(=O)NCCCCCCCCNCCCN. The number of nitrogens with one attached hydrogen (secondary N) is 3. The van der Waals surface area contributed by atoms with Crippen molar-refractivity contribution in [2.45, 2.75) is 84.6 Å². The quantitative estimate of drug-likeness (QED) is 0.228. The maximum Gasteiger partial charge on any atom is 0.242 e. The summed E-state index contributed by atoms with van der Waals surface area (Å²) >= 11 is 0. The van der Waals surface area contributed by atoms with Crippen molar-refractivity contribution in [3.8, 4) is 5.75 Å². The van der Waals surface area contributed by atoms with Crippen LogP contribution in [0.4, 0.5) is 0 Å². The van der Waals surface area contributed by atoms with Crippen molar-refractivity contribution in [1.82, 2.24) is 16.0 Å². The first-order chi connectivity index (χ1) is 15.7. The van der Waals surface area contributed by atoms with E-state index < -0.39 is 6.04 Å². The summed E-state index contributed by atoms with van der Waals surface area (Å²) < 4.78 is 0. The van der Waals surface area contributed by atoms with E-state index in [2.05, 4.69) is 16.0 Å². The number of hydrogen-bond acceptors (Lipinski definition) is 5. The largest absolute Gasteiger partial charge is 0.508 e. The Labute approximate surface area is 200 Å². The fourth-order valence-corrected chi connectivity index (χ4v) is 3.57. The molecule has 0 heterocycles. The Balaban J connectivity index is 2.35. The molecule has 1 aromatic carbocycles. The molecule has 1 aromatic rings. The van der Waals surface area contributed by atoms with Gasteiger partial charge in [-0.25, -0.2) is 0 Å². The van der Waals surface area contributed by atoms with E-state index in [-0.39, 0.29) is 23.0 Å². The van der Waals surface area contributed by atoms with Gasteiger partial charge in [0.2, 0.25) is 11.8 Å². The Morgan fingerprint density at radius 1 is 0.909 bits per heavy atom. The molecule has 7 heteroatoms. The Kier molecular flexibility index (Phi) is 14.4. The van der Waals surface area contributed by atoms with Crippen molar-refractivity contribution in [2.75, 3.05) is 26.2 Å². The van der Waals surface area contributed by atoms with Gasteiger partial charge in [-0.05, 0) is 62.0 Å². The van der Waals surface area contributed by atoms with Gasteiger partial charge in [0.15, 0.2) is 0 Å². The van der Waals surface area contributed by atoms with Crippen LogP contribution >= 0.6 is 0 Å². The standard InChI is InChI=1S/C26H46N4O3/c1-26(2,3)20-24(32)30-23(19-21-11-13-22(31)14-12-21)25(33)29-18-9-7-5-4-6-8-16-28-17-10-15-27/h11-14,23,28,31H,4-10,15-20,27H2,1-3H3,(H,29,33)(H,30,32)/t23-/m0/s1. The highest BCUT2D eigenvalue weighted by molar-refractivity contribution is 5.88. The highest BCUT2D eigenvalue weighted by atomic mass is 16.3. The van der Waals surface area contributed by atoms with Crippen LogP contribution in [0.2, 0.25) is 0 Å². The van der Waals surface area contributed by atoms with E-state index in [9.17, 15) is 14.7 Å². The second-order valence-corrected chi connectivity index (χ2v) is 10.0. The van der Waals surface area contributed by atoms with Crippen molar-refractivity contribution in [3.63, 3.8) is 0 Å². The van der Waals surface area contributed by atoms with Gasteiger partial charge in [0.25, 0.3) is 0 Å². The maximum atomic E-state index is 12.8. The van der Waals surface area contributed by atoms with Gasteiger partial charge in [-0.15, -0.1) is 0 Å². The molecular formula is C26H46N4O3. The third-order valence-electron chi connectivity index (χ3n) is 5.36. The number of unbranched alkanes of at least 4 members (excludes halogenated alkanes) is 5. The summed E-state index contributed by atoms with van der Waals surface area (Å²) in [5, 5.41) is 18.8. The lowest BCUT2D eigenvalue weighted by molar-refractivity contribution is -0.129. The highest BCUT2D eigenvalue weighted by Gasteiger charge is 2.23. The molecule has 0 spiro atoms. The van der Waals surface area contributed by atoms with Crippen LogP contribution in [0.25, 0.3) is 0 Å². The Morgan fingerprint density at radius 3 is 2.09 bits per heavy atom. The summed E-state index contributed by atoms with van der Waals surface area (Å²) in [6.07, 6.45) is 8.57. The maximum absolute atomic E-state index is 12.8. The lowest BCUT2D eigenvalue weighted by Crippen LogP contribution is -2.48. The number of carbonyl (C=O) groups excluding carboxylic acids is 2. The van der Waals surface area contributed by atoms with E-state index in [0.29, 0.717) is 19.4 Å². The van der Waals surface area contributed by atoms with Gasteiger partial charge < -0.3 is 26.8 Å². The molecule has 6 N–H and O–H groups in total. The minimum atomic E-state index is -0.629. The number of carbonyl (C=O) groups is 2.